The molecule has 1 aromatic rings. The molecule has 0 bridgehead atoms. The summed E-state index contributed by atoms with van der Waals surface area (Å²) in [6.45, 7) is 0. The van der Waals surface area contributed by atoms with Gasteiger partial charge in [0.2, 0.25) is 0 Å². The van der Waals surface area contributed by atoms with Crippen LogP contribution in [0.1, 0.15) is 37.2 Å². The fraction of sp³-hybridized carbons (Fsp3) is 0.538. The van der Waals surface area contributed by atoms with Gasteiger partial charge in [-0.1, -0.05) is 31.1 Å². The second-order valence-electron chi connectivity index (χ2n) is 4.40. The van der Waals surface area contributed by atoms with Crippen molar-refractivity contribution in [3.63, 3.8) is 0 Å². The van der Waals surface area contributed by atoms with Crippen molar-refractivity contribution < 1.29 is 0 Å². The highest BCUT2D eigenvalue weighted by Crippen LogP contribution is 2.37. The van der Waals surface area contributed by atoms with Gasteiger partial charge in [-0.05, 0) is 30.4 Å². The van der Waals surface area contributed by atoms with E-state index in [9.17, 15) is 0 Å². The summed E-state index contributed by atoms with van der Waals surface area (Å²) >= 11 is 5.42. The molecule has 1 aliphatic carbocycles. The van der Waals surface area contributed by atoms with Crippen LogP contribution in [0.3, 0.4) is 0 Å². The molecular weight excluding hydrogens is 216 g/mol. The van der Waals surface area contributed by atoms with Crippen molar-refractivity contribution in [1.29, 1.82) is 0 Å². The number of hydrogen-bond donors (Lipinski definition) is 1. The van der Waals surface area contributed by atoms with Crippen LogP contribution in [-0.4, -0.2) is 17.0 Å². The molecule has 0 radical (unpaired) electrons. The average Bonchev–Trinajstić information content (AvgIpc) is 2.39. The van der Waals surface area contributed by atoms with Crippen molar-refractivity contribution in [2.75, 3.05) is 7.05 Å². The number of nitrogens with one attached hydrogen (secondary N) is 1. The number of pyridine rings is 1. The Bertz CT molecular complexity index is 350. The highest BCUT2D eigenvalue weighted by molar-refractivity contribution is 7.80. The molecule has 0 aromatic carbocycles. The summed E-state index contributed by atoms with van der Waals surface area (Å²) in [5, 5.41) is 3.15. The molecule has 86 valence electrons. The SMILES string of the molecule is CNC(=S)C1CCCCC1c1cccnc1. The predicted octanol–water partition coefficient (Wildman–Crippen LogP) is 2.90. The van der Waals surface area contributed by atoms with Gasteiger partial charge in [0, 0.05) is 25.4 Å². The molecular formula is C13H18N2S. The Morgan fingerprint density at radius 3 is 2.94 bits per heavy atom. The first-order valence-corrected chi connectivity index (χ1v) is 6.35. The molecule has 0 aliphatic heterocycles. The number of nitrogens with zero attached hydrogens (tertiary/aromatic N) is 1. The van der Waals surface area contributed by atoms with Crippen molar-refractivity contribution in [2.45, 2.75) is 31.6 Å². The number of rotatable bonds is 2. The van der Waals surface area contributed by atoms with Gasteiger partial charge in [-0.2, -0.15) is 0 Å². The van der Waals surface area contributed by atoms with Gasteiger partial charge in [0.05, 0.1) is 4.99 Å². The zero-order valence-electron chi connectivity index (χ0n) is 9.65. The van der Waals surface area contributed by atoms with Gasteiger partial charge >= 0.3 is 0 Å². The van der Waals surface area contributed by atoms with Crippen LogP contribution in [-0.2, 0) is 0 Å². The Balaban J connectivity index is 2.20. The van der Waals surface area contributed by atoms with E-state index in [1.54, 1.807) is 0 Å². The van der Waals surface area contributed by atoms with Crippen molar-refractivity contribution >= 4 is 17.2 Å². The van der Waals surface area contributed by atoms with Gasteiger partial charge in [-0.15, -0.1) is 0 Å². The van der Waals surface area contributed by atoms with Crippen LogP contribution in [0, 0.1) is 5.92 Å². The third-order valence-corrected chi connectivity index (χ3v) is 3.97. The minimum absolute atomic E-state index is 0.498. The quantitative estimate of drug-likeness (QED) is 0.796. The Hall–Kier alpha value is -0.960. The van der Waals surface area contributed by atoms with Crippen molar-refractivity contribution in [3.05, 3.63) is 30.1 Å². The monoisotopic (exact) mass is 234 g/mol. The summed E-state index contributed by atoms with van der Waals surface area (Å²) in [5.41, 5.74) is 1.34. The van der Waals surface area contributed by atoms with Crippen molar-refractivity contribution in [2.24, 2.45) is 5.92 Å². The largest absolute Gasteiger partial charge is 0.382 e. The van der Waals surface area contributed by atoms with Gasteiger partial charge in [0.25, 0.3) is 0 Å². The summed E-state index contributed by atoms with van der Waals surface area (Å²) in [7, 11) is 1.93. The molecule has 1 saturated carbocycles. The zero-order valence-corrected chi connectivity index (χ0v) is 10.5. The van der Waals surface area contributed by atoms with E-state index in [4.69, 9.17) is 12.2 Å². The second-order valence-corrected chi connectivity index (χ2v) is 4.84. The summed E-state index contributed by atoms with van der Waals surface area (Å²) in [4.78, 5) is 5.22. The van der Waals surface area contributed by atoms with Gasteiger partial charge in [-0.3, -0.25) is 4.98 Å². The minimum atomic E-state index is 0.498. The minimum Gasteiger partial charge on any atom is -0.382 e. The van der Waals surface area contributed by atoms with E-state index >= 15 is 0 Å². The van der Waals surface area contributed by atoms with E-state index in [0.717, 1.165) is 4.99 Å². The number of hydrogen-bond acceptors (Lipinski definition) is 2. The van der Waals surface area contributed by atoms with Crippen molar-refractivity contribution in [3.8, 4) is 0 Å². The van der Waals surface area contributed by atoms with Gasteiger partial charge in [-0.25, -0.2) is 0 Å². The first-order valence-electron chi connectivity index (χ1n) is 5.94. The molecule has 1 aliphatic rings. The molecule has 0 saturated heterocycles. The van der Waals surface area contributed by atoms with Gasteiger partial charge < -0.3 is 5.32 Å². The van der Waals surface area contributed by atoms with E-state index in [2.05, 4.69) is 16.4 Å². The zero-order chi connectivity index (χ0) is 11.4. The molecule has 1 N–H and O–H groups in total. The van der Waals surface area contributed by atoms with E-state index in [-0.39, 0.29) is 0 Å². The molecule has 3 heteroatoms. The maximum atomic E-state index is 5.42. The Morgan fingerprint density at radius 1 is 1.44 bits per heavy atom. The van der Waals surface area contributed by atoms with Crippen LogP contribution in [0.25, 0.3) is 0 Å². The first kappa shape index (κ1) is 11.5. The molecule has 0 spiro atoms. The van der Waals surface area contributed by atoms with E-state index < -0.39 is 0 Å². The smallest absolute Gasteiger partial charge is 0.0788 e. The number of thiocarbonyl (C=S) groups is 1. The normalized spacial score (nSPS) is 25.1. The van der Waals surface area contributed by atoms with Crippen LogP contribution in [0.4, 0.5) is 0 Å². The lowest BCUT2D eigenvalue weighted by Crippen LogP contribution is -2.32. The molecule has 1 heterocycles. The Kier molecular flexibility index (Phi) is 3.88. The summed E-state index contributed by atoms with van der Waals surface area (Å²) < 4.78 is 0. The third kappa shape index (κ3) is 2.40. The standard InChI is InChI=1S/C13H18N2S/c1-14-13(16)12-7-3-2-6-11(12)10-5-4-8-15-9-10/h4-5,8-9,11-12H,2-3,6-7H2,1H3,(H,14,16). The third-order valence-electron chi connectivity index (χ3n) is 3.46. The topological polar surface area (TPSA) is 24.9 Å². The fourth-order valence-corrected chi connectivity index (χ4v) is 2.91. The van der Waals surface area contributed by atoms with E-state index in [1.165, 1.54) is 31.2 Å². The lowest BCUT2D eigenvalue weighted by molar-refractivity contribution is 0.379. The molecule has 2 atom stereocenters. The average molecular weight is 234 g/mol. The summed E-state index contributed by atoms with van der Waals surface area (Å²) in [5.74, 6) is 1.06. The first-order chi connectivity index (χ1) is 7.83. The second kappa shape index (κ2) is 5.39. The van der Waals surface area contributed by atoms with Crippen molar-refractivity contribution in [1.82, 2.24) is 10.3 Å². The molecule has 1 aromatic heterocycles. The lowest BCUT2D eigenvalue weighted by atomic mass is 9.76. The maximum absolute atomic E-state index is 5.42. The summed E-state index contributed by atoms with van der Waals surface area (Å²) in [6, 6.07) is 4.19. The van der Waals surface area contributed by atoms with E-state index in [1.807, 2.05) is 25.5 Å². The Morgan fingerprint density at radius 2 is 2.25 bits per heavy atom. The van der Waals surface area contributed by atoms with Crippen LogP contribution >= 0.6 is 12.2 Å². The predicted molar refractivity (Wildman–Crippen MR) is 70.6 cm³/mol. The maximum Gasteiger partial charge on any atom is 0.0788 e. The highest BCUT2D eigenvalue weighted by atomic mass is 32.1. The molecule has 2 unspecified atom stereocenters. The van der Waals surface area contributed by atoms with Gasteiger partial charge in [0.1, 0.15) is 0 Å². The van der Waals surface area contributed by atoms with Gasteiger partial charge in [0.15, 0.2) is 0 Å². The number of aromatic nitrogens is 1. The van der Waals surface area contributed by atoms with E-state index in [0.29, 0.717) is 11.8 Å². The molecule has 2 rings (SSSR count). The fourth-order valence-electron chi connectivity index (χ4n) is 2.62. The summed E-state index contributed by atoms with van der Waals surface area (Å²) in [6.07, 6.45) is 8.86. The van der Waals surface area contributed by atoms with Crippen LogP contribution in [0.15, 0.2) is 24.5 Å². The molecule has 1 fully saturated rings. The molecule has 2 nitrogen and oxygen atoms in total. The van der Waals surface area contributed by atoms with Crippen LogP contribution in [0.2, 0.25) is 0 Å². The van der Waals surface area contributed by atoms with Crippen LogP contribution < -0.4 is 5.32 Å². The Labute approximate surface area is 102 Å². The molecule has 16 heavy (non-hydrogen) atoms. The van der Waals surface area contributed by atoms with Crippen LogP contribution in [0.5, 0.6) is 0 Å². The molecule has 0 amide bonds. The lowest BCUT2D eigenvalue weighted by Gasteiger charge is -2.32. The highest BCUT2D eigenvalue weighted by Gasteiger charge is 2.29.